The van der Waals surface area contributed by atoms with Gasteiger partial charge in [0.25, 0.3) is 0 Å². The van der Waals surface area contributed by atoms with E-state index in [0.717, 1.165) is 19.4 Å². The average molecular weight is 243 g/mol. The van der Waals surface area contributed by atoms with Crippen LogP contribution in [0.25, 0.3) is 0 Å². The predicted molar refractivity (Wildman–Crippen MR) is 64.1 cm³/mol. The van der Waals surface area contributed by atoms with E-state index in [4.69, 9.17) is 16.9 Å². The molecule has 0 radical (unpaired) electrons. The monoisotopic (exact) mass is 242 g/mol. The van der Waals surface area contributed by atoms with Crippen LogP contribution < -0.4 is 0 Å². The number of hydrogen-bond acceptors (Lipinski definition) is 2. The first kappa shape index (κ1) is 13.3. The van der Waals surface area contributed by atoms with E-state index >= 15 is 0 Å². The van der Waals surface area contributed by atoms with E-state index in [1.807, 2.05) is 6.07 Å². The standard InChI is InChI=1S/C12H19ClN2O/c1-2-3-10-4-5-12(16)15(7-6-10)9-11(13)8-14/h10-11H,2-7,9H2,1H3. The molecular formula is C12H19ClN2O. The van der Waals surface area contributed by atoms with Crippen molar-refractivity contribution >= 4 is 17.5 Å². The average Bonchev–Trinajstić information content (AvgIpc) is 2.44. The summed E-state index contributed by atoms with van der Waals surface area (Å²) in [6.45, 7) is 3.30. The van der Waals surface area contributed by atoms with Crippen molar-refractivity contribution in [2.24, 2.45) is 5.92 Å². The van der Waals surface area contributed by atoms with Gasteiger partial charge in [0.1, 0.15) is 5.38 Å². The van der Waals surface area contributed by atoms with Gasteiger partial charge in [-0.1, -0.05) is 19.8 Å². The second-order valence-corrected chi connectivity index (χ2v) is 4.95. The summed E-state index contributed by atoms with van der Waals surface area (Å²) in [7, 11) is 0. The predicted octanol–water partition coefficient (Wildman–Crippen LogP) is 2.55. The van der Waals surface area contributed by atoms with Crippen LogP contribution in [0.2, 0.25) is 0 Å². The van der Waals surface area contributed by atoms with Gasteiger partial charge in [-0.3, -0.25) is 4.79 Å². The van der Waals surface area contributed by atoms with E-state index in [2.05, 4.69) is 6.92 Å². The van der Waals surface area contributed by atoms with Crippen molar-refractivity contribution in [3.8, 4) is 6.07 Å². The number of likely N-dealkylation sites (tertiary alicyclic amines) is 1. The van der Waals surface area contributed by atoms with Crippen LogP contribution >= 0.6 is 11.6 Å². The number of carbonyl (C=O) groups is 1. The van der Waals surface area contributed by atoms with E-state index in [-0.39, 0.29) is 5.91 Å². The van der Waals surface area contributed by atoms with Crippen LogP contribution in [0, 0.1) is 17.2 Å². The second kappa shape index (κ2) is 6.75. The lowest BCUT2D eigenvalue weighted by molar-refractivity contribution is -0.130. The zero-order chi connectivity index (χ0) is 12.0. The van der Waals surface area contributed by atoms with E-state index in [1.54, 1.807) is 4.90 Å². The Kier molecular flexibility index (Phi) is 5.62. The molecule has 0 spiro atoms. The normalized spacial score (nSPS) is 23.7. The molecule has 1 amide bonds. The third-order valence-electron chi connectivity index (χ3n) is 3.14. The van der Waals surface area contributed by atoms with Crippen molar-refractivity contribution in [1.29, 1.82) is 5.26 Å². The molecule has 0 N–H and O–H groups in total. The van der Waals surface area contributed by atoms with E-state index < -0.39 is 5.38 Å². The number of amides is 1. The molecule has 0 saturated carbocycles. The van der Waals surface area contributed by atoms with E-state index in [0.29, 0.717) is 18.9 Å². The minimum Gasteiger partial charge on any atom is -0.340 e. The fourth-order valence-electron chi connectivity index (χ4n) is 2.22. The molecular weight excluding hydrogens is 224 g/mol. The van der Waals surface area contributed by atoms with Crippen LogP contribution in [0.3, 0.4) is 0 Å². The first-order valence-electron chi connectivity index (χ1n) is 5.98. The molecule has 1 heterocycles. The minimum absolute atomic E-state index is 0.152. The molecule has 1 aliphatic heterocycles. The summed E-state index contributed by atoms with van der Waals surface area (Å²) in [6.07, 6.45) is 5.02. The van der Waals surface area contributed by atoms with Crippen LogP contribution in [0.1, 0.15) is 39.0 Å². The quantitative estimate of drug-likeness (QED) is 0.711. The van der Waals surface area contributed by atoms with Crippen molar-refractivity contribution < 1.29 is 4.79 Å². The molecule has 0 aliphatic carbocycles. The molecule has 0 aromatic heterocycles. The van der Waals surface area contributed by atoms with Crippen molar-refractivity contribution in [2.45, 2.75) is 44.4 Å². The lowest BCUT2D eigenvalue weighted by Crippen LogP contribution is -2.35. The molecule has 0 aromatic carbocycles. The SMILES string of the molecule is CCCC1CCC(=O)N(CC(Cl)C#N)CC1. The maximum Gasteiger partial charge on any atom is 0.222 e. The van der Waals surface area contributed by atoms with Crippen LogP contribution in [0.5, 0.6) is 0 Å². The Hall–Kier alpha value is -0.750. The molecule has 1 aliphatic rings. The first-order chi connectivity index (χ1) is 7.67. The molecule has 2 unspecified atom stereocenters. The number of alkyl halides is 1. The van der Waals surface area contributed by atoms with Gasteiger partial charge in [-0.2, -0.15) is 5.26 Å². The van der Waals surface area contributed by atoms with Gasteiger partial charge in [-0.15, -0.1) is 11.6 Å². The van der Waals surface area contributed by atoms with Gasteiger partial charge in [0.05, 0.1) is 12.6 Å². The van der Waals surface area contributed by atoms with Gasteiger partial charge in [0, 0.05) is 13.0 Å². The third kappa shape index (κ3) is 4.02. The Morgan fingerprint density at radius 2 is 2.38 bits per heavy atom. The molecule has 3 nitrogen and oxygen atoms in total. The van der Waals surface area contributed by atoms with Crippen LogP contribution in [-0.4, -0.2) is 29.3 Å². The molecule has 0 bridgehead atoms. The molecule has 0 aromatic rings. The van der Waals surface area contributed by atoms with E-state index in [1.165, 1.54) is 12.8 Å². The maximum absolute atomic E-state index is 11.8. The number of rotatable bonds is 4. The largest absolute Gasteiger partial charge is 0.340 e. The molecule has 90 valence electrons. The Labute approximate surface area is 102 Å². The summed E-state index contributed by atoms with van der Waals surface area (Å²) in [5, 5.41) is 8.06. The van der Waals surface area contributed by atoms with Crippen LogP contribution in [0.15, 0.2) is 0 Å². The van der Waals surface area contributed by atoms with Gasteiger partial charge >= 0.3 is 0 Å². The Balaban J connectivity index is 2.48. The van der Waals surface area contributed by atoms with Crippen molar-refractivity contribution in [1.82, 2.24) is 4.90 Å². The number of halogens is 1. The lowest BCUT2D eigenvalue weighted by Gasteiger charge is -2.21. The fraction of sp³-hybridized carbons (Fsp3) is 0.833. The number of hydrogen-bond donors (Lipinski definition) is 0. The number of nitrogens with zero attached hydrogens (tertiary/aromatic N) is 2. The lowest BCUT2D eigenvalue weighted by atomic mass is 9.96. The van der Waals surface area contributed by atoms with Crippen molar-refractivity contribution in [3.05, 3.63) is 0 Å². The minimum atomic E-state index is -0.577. The van der Waals surface area contributed by atoms with Crippen molar-refractivity contribution in [3.63, 3.8) is 0 Å². The molecule has 4 heteroatoms. The Morgan fingerprint density at radius 1 is 1.62 bits per heavy atom. The molecule has 16 heavy (non-hydrogen) atoms. The Morgan fingerprint density at radius 3 is 3.00 bits per heavy atom. The summed E-state index contributed by atoms with van der Waals surface area (Å²) in [4.78, 5) is 13.5. The van der Waals surface area contributed by atoms with Gasteiger partial charge in [0.2, 0.25) is 5.91 Å². The van der Waals surface area contributed by atoms with Crippen LogP contribution in [-0.2, 0) is 4.79 Å². The number of carbonyl (C=O) groups excluding carboxylic acids is 1. The summed E-state index contributed by atoms with van der Waals surface area (Å²) >= 11 is 5.76. The highest BCUT2D eigenvalue weighted by Crippen LogP contribution is 2.22. The van der Waals surface area contributed by atoms with Crippen LogP contribution in [0.4, 0.5) is 0 Å². The van der Waals surface area contributed by atoms with Gasteiger partial charge in [-0.05, 0) is 18.8 Å². The van der Waals surface area contributed by atoms with Gasteiger partial charge in [0.15, 0.2) is 0 Å². The zero-order valence-corrected chi connectivity index (χ0v) is 10.5. The topological polar surface area (TPSA) is 44.1 Å². The summed E-state index contributed by atoms with van der Waals surface area (Å²) in [6, 6.07) is 1.96. The highest BCUT2D eigenvalue weighted by Gasteiger charge is 2.23. The van der Waals surface area contributed by atoms with Crippen molar-refractivity contribution in [2.75, 3.05) is 13.1 Å². The van der Waals surface area contributed by atoms with E-state index in [9.17, 15) is 4.79 Å². The highest BCUT2D eigenvalue weighted by atomic mass is 35.5. The fourth-order valence-corrected chi connectivity index (χ4v) is 2.38. The highest BCUT2D eigenvalue weighted by molar-refractivity contribution is 6.22. The Bertz CT molecular complexity index is 275. The first-order valence-corrected chi connectivity index (χ1v) is 6.42. The van der Waals surface area contributed by atoms with Gasteiger partial charge in [-0.25, -0.2) is 0 Å². The number of nitriles is 1. The third-order valence-corrected chi connectivity index (χ3v) is 3.38. The summed E-state index contributed by atoms with van der Waals surface area (Å²) in [5.74, 6) is 0.814. The molecule has 2 atom stereocenters. The molecule has 1 saturated heterocycles. The zero-order valence-electron chi connectivity index (χ0n) is 9.79. The maximum atomic E-state index is 11.8. The molecule has 1 rings (SSSR count). The second-order valence-electron chi connectivity index (χ2n) is 4.42. The van der Waals surface area contributed by atoms with Gasteiger partial charge < -0.3 is 4.90 Å². The summed E-state index contributed by atoms with van der Waals surface area (Å²) in [5.41, 5.74) is 0. The molecule has 1 fully saturated rings. The smallest absolute Gasteiger partial charge is 0.222 e. The summed E-state index contributed by atoms with van der Waals surface area (Å²) < 4.78 is 0.